The fourth-order valence-corrected chi connectivity index (χ4v) is 7.76. The summed E-state index contributed by atoms with van der Waals surface area (Å²) in [5.41, 5.74) is 1.31. The zero-order valence-corrected chi connectivity index (χ0v) is 26.7. The molecule has 1 amide bonds. The van der Waals surface area contributed by atoms with Gasteiger partial charge in [0.25, 0.3) is 0 Å². The number of hydrogen-bond donors (Lipinski definition) is 1. The van der Waals surface area contributed by atoms with Crippen LogP contribution in [0.15, 0.2) is 36.4 Å². The van der Waals surface area contributed by atoms with Crippen LogP contribution >= 0.6 is 11.6 Å². The first-order valence-electron chi connectivity index (χ1n) is 16.2. The fraction of sp³-hybridized carbons (Fsp3) is 0.600. The molecule has 2 aromatic rings. The van der Waals surface area contributed by atoms with Crippen molar-refractivity contribution in [2.24, 2.45) is 17.8 Å². The van der Waals surface area contributed by atoms with Crippen LogP contribution in [0.1, 0.15) is 68.1 Å². The summed E-state index contributed by atoms with van der Waals surface area (Å²) in [5.74, 6) is 0.993. The number of nitrogens with zero attached hydrogens (tertiary/aromatic N) is 2. The van der Waals surface area contributed by atoms with Crippen LogP contribution in [0.3, 0.4) is 0 Å². The Morgan fingerprint density at radius 1 is 1.07 bits per heavy atom. The summed E-state index contributed by atoms with van der Waals surface area (Å²) in [6, 6.07) is 11.3. The molecule has 2 fully saturated rings. The number of amides is 1. The predicted octanol–water partition coefficient (Wildman–Crippen LogP) is 5.50. The van der Waals surface area contributed by atoms with Gasteiger partial charge in [-0.2, -0.15) is 0 Å². The Kier molecular flexibility index (Phi) is 9.41. The zero-order chi connectivity index (χ0) is 30.8. The molecule has 44 heavy (non-hydrogen) atoms. The predicted molar refractivity (Wildman–Crippen MR) is 169 cm³/mol. The van der Waals surface area contributed by atoms with Crippen molar-refractivity contribution in [3.8, 4) is 5.75 Å². The van der Waals surface area contributed by atoms with Crippen molar-refractivity contribution in [3.63, 3.8) is 0 Å². The van der Waals surface area contributed by atoms with Gasteiger partial charge >= 0.3 is 5.97 Å². The van der Waals surface area contributed by atoms with E-state index < -0.39 is 18.0 Å². The highest BCUT2D eigenvalue weighted by Gasteiger charge is 2.44. The van der Waals surface area contributed by atoms with E-state index in [2.05, 4.69) is 4.90 Å². The van der Waals surface area contributed by atoms with Crippen LogP contribution in [0.2, 0.25) is 5.02 Å². The molecule has 9 heteroatoms. The SMILES string of the molecule is COC(=O)[C@@]1(O)CC(=O)N(C)CC[C@@H]2CCO[C@@H](C2)[C@@H]2CC[C@H]2CN2CCCCc3cc(Cl)ccc3COc3ccc1cc32. The topological polar surface area (TPSA) is 88.5 Å². The Labute approximate surface area is 265 Å². The van der Waals surface area contributed by atoms with Crippen LogP contribution in [0.5, 0.6) is 5.75 Å². The number of aliphatic hydroxyl groups is 1. The van der Waals surface area contributed by atoms with Crippen molar-refractivity contribution in [1.29, 1.82) is 0 Å². The fourth-order valence-electron chi connectivity index (χ4n) is 7.57. The van der Waals surface area contributed by atoms with Crippen LogP contribution in [-0.2, 0) is 37.7 Å². The number of anilines is 1. The Bertz CT molecular complexity index is 1370. The van der Waals surface area contributed by atoms with E-state index >= 15 is 0 Å². The van der Waals surface area contributed by atoms with Crippen LogP contribution in [0.25, 0.3) is 0 Å². The van der Waals surface area contributed by atoms with E-state index in [1.807, 2.05) is 30.3 Å². The third-order valence-electron chi connectivity index (χ3n) is 10.5. The molecule has 238 valence electrons. The smallest absolute Gasteiger partial charge is 0.343 e. The molecule has 0 spiro atoms. The summed E-state index contributed by atoms with van der Waals surface area (Å²) in [4.78, 5) is 30.7. The van der Waals surface area contributed by atoms with Gasteiger partial charge in [0.2, 0.25) is 5.91 Å². The van der Waals surface area contributed by atoms with E-state index in [4.69, 9.17) is 25.8 Å². The molecular formula is C35H45ClN2O6. The standard InChI is InChI=1S/C35H45ClN2O6/c1-37-15-12-23-13-16-43-32(17-23)29-10-7-25(29)21-38-14-4-3-5-24-18-28(36)9-6-26(24)22-44-31-11-8-27(19-30(31)38)35(41,20-33(37)39)34(40)42-2/h6,8-9,11,18-19,23,25,29,32,41H,3-5,7,10,12-17,20-22H2,1-2H3/t23-,25+,29-,32+,35-/m1/s1. The monoisotopic (exact) mass is 624 g/mol. The average Bonchev–Trinajstić information content (AvgIpc) is 3.04. The Morgan fingerprint density at radius 3 is 2.73 bits per heavy atom. The molecule has 1 saturated heterocycles. The van der Waals surface area contributed by atoms with Gasteiger partial charge in [0, 0.05) is 38.3 Å². The molecular weight excluding hydrogens is 580 g/mol. The maximum atomic E-state index is 13.5. The molecule has 8 nitrogen and oxygen atoms in total. The van der Waals surface area contributed by atoms with Gasteiger partial charge in [-0.25, -0.2) is 4.79 Å². The summed E-state index contributed by atoms with van der Waals surface area (Å²) in [7, 11) is 2.99. The highest BCUT2D eigenvalue weighted by atomic mass is 35.5. The van der Waals surface area contributed by atoms with Crippen molar-refractivity contribution in [3.05, 3.63) is 58.1 Å². The minimum Gasteiger partial charge on any atom is -0.487 e. The summed E-state index contributed by atoms with van der Waals surface area (Å²) < 4.78 is 18.0. The highest BCUT2D eigenvalue weighted by Crippen LogP contribution is 2.45. The molecule has 1 N–H and O–H groups in total. The number of carbonyl (C=O) groups excluding carboxylic acids is 2. The summed E-state index contributed by atoms with van der Waals surface area (Å²) >= 11 is 6.36. The molecule has 0 aromatic heterocycles. The first-order chi connectivity index (χ1) is 21.2. The lowest BCUT2D eigenvalue weighted by molar-refractivity contribution is -0.168. The number of ether oxygens (including phenoxy) is 3. The number of hydrogen-bond acceptors (Lipinski definition) is 7. The van der Waals surface area contributed by atoms with Crippen molar-refractivity contribution >= 4 is 29.2 Å². The second-order valence-corrected chi connectivity index (χ2v) is 13.7. The van der Waals surface area contributed by atoms with Crippen LogP contribution in [0, 0.1) is 17.8 Å². The number of benzene rings is 2. The number of methoxy groups -OCH3 is 1. The summed E-state index contributed by atoms with van der Waals surface area (Å²) in [6.45, 7) is 3.34. The van der Waals surface area contributed by atoms with Crippen molar-refractivity contribution in [1.82, 2.24) is 4.90 Å². The first-order valence-corrected chi connectivity index (χ1v) is 16.6. The van der Waals surface area contributed by atoms with Gasteiger partial charge in [-0.15, -0.1) is 0 Å². The first kappa shape index (κ1) is 31.2. The van der Waals surface area contributed by atoms with Crippen molar-refractivity contribution in [2.45, 2.75) is 76.1 Å². The van der Waals surface area contributed by atoms with E-state index in [-0.39, 0.29) is 12.0 Å². The Balaban J connectivity index is 1.42. The summed E-state index contributed by atoms with van der Waals surface area (Å²) in [5, 5.41) is 12.7. The minimum absolute atomic E-state index is 0.246. The molecule has 6 rings (SSSR count). The molecule has 4 aliphatic rings. The minimum atomic E-state index is -2.13. The second-order valence-electron chi connectivity index (χ2n) is 13.2. The maximum absolute atomic E-state index is 13.5. The second kappa shape index (κ2) is 13.3. The molecule has 0 radical (unpaired) electrons. The molecule has 3 heterocycles. The van der Waals surface area contributed by atoms with E-state index in [9.17, 15) is 14.7 Å². The van der Waals surface area contributed by atoms with Crippen molar-refractivity contribution < 1.29 is 28.9 Å². The van der Waals surface area contributed by atoms with E-state index in [0.717, 1.165) is 87.3 Å². The molecule has 5 atom stereocenters. The quantitative estimate of drug-likeness (QED) is 0.420. The molecule has 1 saturated carbocycles. The zero-order valence-electron chi connectivity index (χ0n) is 25.9. The lowest BCUT2D eigenvalue weighted by Gasteiger charge is -2.47. The number of esters is 1. The summed E-state index contributed by atoms with van der Waals surface area (Å²) in [6.07, 6.45) is 7.91. The van der Waals surface area contributed by atoms with Gasteiger partial charge in [-0.05, 0) is 110 Å². The van der Waals surface area contributed by atoms with Crippen LogP contribution in [0.4, 0.5) is 5.69 Å². The van der Waals surface area contributed by atoms with E-state index in [1.165, 1.54) is 12.7 Å². The molecule has 3 aliphatic heterocycles. The number of fused-ring (bicyclic) bond motifs is 6. The average molecular weight is 625 g/mol. The Hall–Kier alpha value is -2.81. The molecule has 2 aromatic carbocycles. The van der Waals surface area contributed by atoms with E-state index in [0.29, 0.717) is 42.2 Å². The van der Waals surface area contributed by atoms with Gasteiger partial charge in [0.05, 0.1) is 25.3 Å². The number of halogens is 1. The van der Waals surface area contributed by atoms with E-state index in [1.54, 1.807) is 18.0 Å². The third-order valence-corrected chi connectivity index (χ3v) is 10.7. The van der Waals surface area contributed by atoms with Gasteiger partial charge in [-0.3, -0.25) is 4.79 Å². The molecule has 4 bridgehead atoms. The number of rotatable bonds is 1. The highest BCUT2D eigenvalue weighted by molar-refractivity contribution is 6.30. The van der Waals surface area contributed by atoms with Crippen LogP contribution < -0.4 is 9.64 Å². The largest absolute Gasteiger partial charge is 0.487 e. The van der Waals surface area contributed by atoms with Gasteiger partial charge < -0.3 is 29.1 Å². The molecule has 0 unspecified atom stereocenters. The molecule has 1 aliphatic carbocycles. The maximum Gasteiger partial charge on any atom is 0.343 e. The number of aryl methyl sites for hydroxylation is 1. The normalized spacial score (nSPS) is 29.7. The Morgan fingerprint density at radius 2 is 1.93 bits per heavy atom. The van der Waals surface area contributed by atoms with Gasteiger partial charge in [-0.1, -0.05) is 23.7 Å². The third kappa shape index (κ3) is 6.44. The lowest BCUT2D eigenvalue weighted by atomic mass is 9.67. The number of carbonyl (C=O) groups is 2. The van der Waals surface area contributed by atoms with Gasteiger partial charge in [0.15, 0.2) is 5.60 Å². The van der Waals surface area contributed by atoms with Crippen LogP contribution in [-0.4, -0.2) is 68.4 Å². The van der Waals surface area contributed by atoms with Crippen molar-refractivity contribution in [2.75, 3.05) is 45.3 Å². The lowest BCUT2D eigenvalue weighted by Crippen LogP contribution is -2.47. The van der Waals surface area contributed by atoms with Gasteiger partial charge in [0.1, 0.15) is 12.4 Å².